The number of anilines is 2. The number of nitro groups is 1. The number of aromatic nitrogens is 1. The quantitative estimate of drug-likeness (QED) is 0.647. The Bertz CT molecular complexity index is 700. The number of carboxylic acids is 1. The van der Waals surface area contributed by atoms with Crippen molar-refractivity contribution >= 4 is 23.2 Å². The number of hydrogen-bond acceptors (Lipinski definition) is 5. The van der Waals surface area contributed by atoms with Crippen molar-refractivity contribution in [3.63, 3.8) is 0 Å². The van der Waals surface area contributed by atoms with Gasteiger partial charge in [-0.2, -0.15) is 0 Å². The lowest BCUT2D eigenvalue weighted by Crippen LogP contribution is -2.03. The van der Waals surface area contributed by atoms with Crippen LogP contribution in [-0.2, 0) is 6.42 Å². The van der Waals surface area contributed by atoms with Crippen molar-refractivity contribution in [1.29, 1.82) is 0 Å². The molecule has 0 bridgehead atoms. The van der Waals surface area contributed by atoms with Gasteiger partial charge in [0.2, 0.25) is 0 Å². The molecule has 2 aromatic rings. The van der Waals surface area contributed by atoms with Crippen LogP contribution in [0.15, 0.2) is 36.5 Å². The van der Waals surface area contributed by atoms with E-state index >= 15 is 0 Å². The predicted molar refractivity (Wildman–Crippen MR) is 77.0 cm³/mol. The summed E-state index contributed by atoms with van der Waals surface area (Å²) in [6.45, 7) is 1.85. The Morgan fingerprint density at radius 3 is 2.81 bits per heavy atom. The van der Waals surface area contributed by atoms with Gasteiger partial charge in [0.25, 0.3) is 0 Å². The molecule has 0 aliphatic rings. The molecule has 1 aromatic carbocycles. The molecule has 2 rings (SSSR count). The zero-order chi connectivity index (χ0) is 15.4. The van der Waals surface area contributed by atoms with E-state index in [1.165, 1.54) is 12.3 Å². The fourth-order valence-corrected chi connectivity index (χ4v) is 1.97. The van der Waals surface area contributed by atoms with Gasteiger partial charge >= 0.3 is 11.8 Å². The average molecular weight is 287 g/mol. The number of carboxylic acid groups (broad SMARTS) is 1. The van der Waals surface area contributed by atoms with Crippen molar-refractivity contribution in [2.24, 2.45) is 0 Å². The van der Waals surface area contributed by atoms with E-state index in [4.69, 9.17) is 5.11 Å². The zero-order valence-corrected chi connectivity index (χ0v) is 11.2. The largest absolute Gasteiger partial charge is 0.478 e. The minimum Gasteiger partial charge on any atom is -0.478 e. The van der Waals surface area contributed by atoms with Crippen molar-refractivity contribution in [2.45, 2.75) is 13.3 Å². The SMILES string of the molecule is CCc1cc(Nc2cccnc2[N+](=O)[O-])ccc1C(=O)O. The van der Waals surface area contributed by atoms with Crippen LogP contribution in [0.3, 0.4) is 0 Å². The van der Waals surface area contributed by atoms with Crippen LogP contribution in [0.5, 0.6) is 0 Å². The summed E-state index contributed by atoms with van der Waals surface area (Å²) in [6.07, 6.45) is 1.89. The molecule has 7 nitrogen and oxygen atoms in total. The second-order valence-electron chi connectivity index (χ2n) is 4.29. The molecule has 1 aromatic heterocycles. The molecule has 0 amide bonds. The highest BCUT2D eigenvalue weighted by atomic mass is 16.6. The van der Waals surface area contributed by atoms with Gasteiger partial charge in [-0.05, 0) is 52.2 Å². The molecule has 0 atom stereocenters. The van der Waals surface area contributed by atoms with Gasteiger partial charge in [-0.1, -0.05) is 6.92 Å². The first-order valence-corrected chi connectivity index (χ1v) is 6.25. The van der Waals surface area contributed by atoms with Crippen LogP contribution in [0.1, 0.15) is 22.8 Å². The number of aryl methyl sites for hydroxylation is 1. The van der Waals surface area contributed by atoms with Gasteiger partial charge in [0.1, 0.15) is 11.9 Å². The molecule has 0 aliphatic heterocycles. The van der Waals surface area contributed by atoms with E-state index in [0.29, 0.717) is 17.7 Å². The van der Waals surface area contributed by atoms with E-state index in [0.717, 1.165) is 0 Å². The first-order valence-electron chi connectivity index (χ1n) is 6.25. The van der Waals surface area contributed by atoms with Crippen LogP contribution in [0.25, 0.3) is 0 Å². The maximum atomic E-state index is 11.1. The number of pyridine rings is 1. The van der Waals surface area contributed by atoms with Gasteiger partial charge in [0.05, 0.1) is 5.56 Å². The van der Waals surface area contributed by atoms with Crippen molar-refractivity contribution in [2.75, 3.05) is 5.32 Å². The Balaban J connectivity index is 2.37. The Labute approximate surface area is 120 Å². The smallest absolute Gasteiger partial charge is 0.387 e. The fourth-order valence-electron chi connectivity index (χ4n) is 1.97. The highest BCUT2D eigenvalue weighted by Gasteiger charge is 2.15. The Hall–Kier alpha value is -2.96. The Morgan fingerprint density at radius 2 is 2.19 bits per heavy atom. The van der Waals surface area contributed by atoms with E-state index in [9.17, 15) is 14.9 Å². The standard InChI is InChI=1S/C14H13N3O4/c1-2-9-8-10(5-6-11(9)14(18)19)16-12-4-3-7-15-13(12)17(20)21/h3-8,16H,2H2,1H3,(H,18,19). The molecule has 0 saturated heterocycles. The number of hydrogen-bond donors (Lipinski definition) is 2. The van der Waals surface area contributed by atoms with Gasteiger partial charge in [-0.15, -0.1) is 0 Å². The maximum Gasteiger partial charge on any atom is 0.387 e. The lowest BCUT2D eigenvalue weighted by molar-refractivity contribution is -0.388. The van der Waals surface area contributed by atoms with E-state index < -0.39 is 10.9 Å². The van der Waals surface area contributed by atoms with Crippen LogP contribution >= 0.6 is 0 Å². The van der Waals surface area contributed by atoms with Gasteiger partial charge < -0.3 is 20.5 Å². The van der Waals surface area contributed by atoms with Crippen LogP contribution in [-0.4, -0.2) is 21.0 Å². The first-order chi connectivity index (χ1) is 10.0. The van der Waals surface area contributed by atoms with Gasteiger partial charge in [-0.3, -0.25) is 0 Å². The lowest BCUT2D eigenvalue weighted by atomic mass is 10.0. The summed E-state index contributed by atoms with van der Waals surface area (Å²) >= 11 is 0. The third-order valence-corrected chi connectivity index (χ3v) is 2.96. The minimum absolute atomic E-state index is 0.226. The topological polar surface area (TPSA) is 105 Å². The third-order valence-electron chi connectivity index (χ3n) is 2.96. The molecule has 108 valence electrons. The summed E-state index contributed by atoms with van der Waals surface area (Å²) < 4.78 is 0. The molecule has 1 heterocycles. The zero-order valence-electron chi connectivity index (χ0n) is 11.2. The van der Waals surface area contributed by atoms with Gasteiger partial charge in [0, 0.05) is 5.69 Å². The molecule has 0 fully saturated rings. The lowest BCUT2D eigenvalue weighted by Gasteiger charge is -2.10. The normalized spacial score (nSPS) is 10.1. The summed E-state index contributed by atoms with van der Waals surface area (Å²) in [5.74, 6) is -1.27. The highest BCUT2D eigenvalue weighted by molar-refractivity contribution is 5.90. The van der Waals surface area contributed by atoms with Crippen LogP contribution < -0.4 is 5.32 Å². The molecule has 21 heavy (non-hydrogen) atoms. The third kappa shape index (κ3) is 3.14. The summed E-state index contributed by atoms with van der Waals surface area (Å²) in [7, 11) is 0. The van der Waals surface area contributed by atoms with Crippen molar-refractivity contribution in [3.8, 4) is 0 Å². The number of nitrogens with zero attached hydrogens (tertiary/aromatic N) is 2. The van der Waals surface area contributed by atoms with Crippen LogP contribution in [0.2, 0.25) is 0 Å². The predicted octanol–water partition coefficient (Wildman–Crippen LogP) is 2.99. The molecule has 0 aliphatic carbocycles. The molecule has 0 spiro atoms. The minimum atomic E-state index is -0.995. The highest BCUT2D eigenvalue weighted by Crippen LogP contribution is 2.26. The van der Waals surface area contributed by atoms with E-state index in [1.54, 1.807) is 24.3 Å². The number of carbonyl (C=O) groups is 1. The second kappa shape index (κ2) is 6.00. The number of nitrogens with one attached hydrogen (secondary N) is 1. The molecule has 0 saturated carbocycles. The summed E-state index contributed by atoms with van der Waals surface area (Å²) in [6, 6.07) is 7.84. The van der Waals surface area contributed by atoms with Crippen molar-refractivity contribution in [3.05, 3.63) is 57.8 Å². The van der Waals surface area contributed by atoms with Gasteiger partial charge in [-0.25, -0.2) is 4.79 Å². The Kier molecular flexibility index (Phi) is 4.13. The van der Waals surface area contributed by atoms with Crippen LogP contribution in [0.4, 0.5) is 17.2 Å². The van der Waals surface area contributed by atoms with Gasteiger partial charge in [0.15, 0.2) is 0 Å². The molecule has 0 unspecified atom stereocenters. The number of benzene rings is 1. The first kappa shape index (κ1) is 14.4. The molecule has 7 heteroatoms. The molecule has 0 radical (unpaired) electrons. The molecular formula is C14H13N3O4. The monoisotopic (exact) mass is 287 g/mol. The number of rotatable bonds is 5. The van der Waals surface area contributed by atoms with Crippen molar-refractivity contribution in [1.82, 2.24) is 4.98 Å². The van der Waals surface area contributed by atoms with Crippen LogP contribution in [0, 0.1) is 10.1 Å². The number of aromatic carboxylic acids is 1. The summed E-state index contributed by atoms with van der Waals surface area (Å²) in [5, 5.41) is 22.9. The average Bonchev–Trinajstić information content (AvgIpc) is 2.47. The van der Waals surface area contributed by atoms with E-state index in [-0.39, 0.29) is 17.1 Å². The molecular weight excluding hydrogens is 274 g/mol. The fraction of sp³-hybridized carbons (Fsp3) is 0.143. The van der Waals surface area contributed by atoms with Crippen molar-refractivity contribution < 1.29 is 14.8 Å². The maximum absolute atomic E-state index is 11.1. The second-order valence-corrected chi connectivity index (χ2v) is 4.29. The van der Waals surface area contributed by atoms with E-state index in [2.05, 4.69) is 10.3 Å². The Morgan fingerprint density at radius 1 is 1.43 bits per heavy atom. The summed E-state index contributed by atoms with van der Waals surface area (Å²) in [5.41, 5.74) is 1.71. The molecule has 2 N–H and O–H groups in total. The van der Waals surface area contributed by atoms with E-state index in [1.807, 2.05) is 6.92 Å². The summed E-state index contributed by atoms with van der Waals surface area (Å²) in [4.78, 5) is 25.1.